The minimum Gasteiger partial charge on any atom is -0.311 e. The summed E-state index contributed by atoms with van der Waals surface area (Å²) in [4.78, 5) is 4.35. The number of hydrogen-bond donors (Lipinski definition) is 1. The lowest BCUT2D eigenvalue weighted by Gasteiger charge is -2.19. The first kappa shape index (κ1) is 18.9. The largest absolute Gasteiger partial charge is 0.311 e. The molecule has 4 heteroatoms. The molecule has 3 rings (SSSR count). The standard InChI is InChI=1S/C22H22Cl2N2/c23-20-10-8-17(9-11-20)18(15-19-5-1-2-7-22(19)24)12-14-25-16-21-6-3-4-13-26-21/h1-11,13,18,25H,12,14-16H2/t18-/m1/s1. The predicted octanol–water partition coefficient (Wildman–Crippen LogP) is 5.89. The van der Waals surface area contributed by atoms with Crippen LogP contribution in [0.4, 0.5) is 0 Å². The van der Waals surface area contributed by atoms with Crippen LogP contribution in [0.1, 0.15) is 29.2 Å². The van der Waals surface area contributed by atoms with E-state index in [-0.39, 0.29) is 0 Å². The third-order valence-electron chi connectivity index (χ3n) is 4.47. The van der Waals surface area contributed by atoms with Crippen molar-refractivity contribution in [3.05, 3.63) is 99.8 Å². The molecule has 0 amide bonds. The first-order valence-electron chi connectivity index (χ1n) is 8.82. The predicted molar refractivity (Wildman–Crippen MR) is 110 cm³/mol. The fourth-order valence-corrected chi connectivity index (χ4v) is 3.39. The summed E-state index contributed by atoms with van der Waals surface area (Å²) in [6.45, 7) is 1.69. The van der Waals surface area contributed by atoms with E-state index in [1.54, 1.807) is 0 Å². The van der Waals surface area contributed by atoms with Gasteiger partial charge in [0, 0.05) is 22.8 Å². The van der Waals surface area contributed by atoms with Crippen LogP contribution in [-0.2, 0) is 13.0 Å². The summed E-state index contributed by atoms with van der Waals surface area (Å²) in [5, 5.41) is 5.08. The Labute approximate surface area is 165 Å². The molecule has 1 N–H and O–H groups in total. The molecule has 1 heterocycles. The lowest BCUT2D eigenvalue weighted by Crippen LogP contribution is -2.18. The minimum absolute atomic E-state index is 0.378. The van der Waals surface area contributed by atoms with Crippen molar-refractivity contribution in [2.45, 2.75) is 25.3 Å². The fraction of sp³-hybridized carbons (Fsp3) is 0.227. The zero-order valence-electron chi connectivity index (χ0n) is 14.5. The van der Waals surface area contributed by atoms with Gasteiger partial charge in [-0.2, -0.15) is 0 Å². The van der Waals surface area contributed by atoms with Crippen LogP contribution in [0.25, 0.3) is 0 Å². The molecule has 0 saturated carbocycles. The van der Waals surface area contributed by atoms with Crippen LogP contribution in [0.5, 0.6) is 0 Å². The Morgan fingerprint density at radius 3 is 2.38 bits per heavy atom. The summed E-state index contributed by atoms with van der Waals surface area (Å²) >= 11 is 12.4. The maximum Gasteiger partial charge on any atom is 0.0541 e. The van der Waals surface area contributed by atoms with Gasteiger partial charge in [-0.25, -0.2) is 0 Å². The maximum atomic E-state index is 6.38. The molecule has 3 aromatic rings. The number of aromatic nitrogens is 1. The molecule has 0 saturated heterocycles. The van der Waals surface area contributed by atoms with Gasteiger partial charge in [-0.05, 0) is 66.8 Å². The number of halogens is 2. The molecule has 0 fully saturated rings. The van der Waals surface area contributed by atoms with E-state index in [0.29, 0.717) is 5.92 Å². The Bertz CT molecular complexity index is 804. The summed E-state index contributed by atoms with van der Waals surface area (Å²) < 4.78 is 0. The Morgan fingerprint density at radius 2 is 1.65 bits per heavy atom. The molecule has 0 aliphatic carbocycles. The smallest absolute Gasteiger partial charge is 0.0541 e. The molecule has 0 unspecified atom stereocenters. The molecule has 26 heavy (non-hydrogen) atoms. The second-order valence-corrected chi connectivity index (χ2v) is 7.17. The van der Waals surface area contributed by atoms with Crippen LogP contribution in [0, 0.1) is 0 Å². The molecule has 134 valence electrons. The molecule has 1 aromatic heterocycles. The van der Waals surface area contributed by atoms with Crippen molar-refractivity contribution in [1.29, 1.82) is 0 Å². The number of hydrogen-bond acceptors (Lipinski definition) is 2. The van der Waals surface area contributed by atoms with Gasteiger partial charge in [-0.3, -0.25) is 4.98 Å². The van der Waals surface area contributed by atoms with Gasteiger partial charge >= 0.3 is 0 Å². The third kappa shape index (κ3) is 5.57. The van der Waals surface area contributed by atoms with Crippen molar-refractivity contribution in [2.24, 2.45) is 0 Å². The molecule has 1 atom stereocenters. The second-order valence-electron chi connectivity index (χ2n) is 6.33. The topological polar surface area (TPSA) is 24.9 Å². The first-order valence-corrected chi connectivity index (χ1v) is 9.57. The Hall–Kier alpha value is -1.87. The number of rotatable bonds is 8. The number of pyridine rings is 1. The molecule has 2 aromatic carbocycles. The van der Waals surface area contributed by atoms with E-state index < -0.39 is 0 Å². The Morgan fingerprint density at radius 1 is 0.885 bits per heavy atom. The fourth-order valence-electron chi connectivity index (χ4n) is 3.05. The van der Waals surface area contributed by atoms with E-state index in [4.69, 9.17) is 23.2 Å². The van der Waals surface area contributed by atoms with Crippen LogP contribution in [0.2, 0.25) is 10.0 Å². The molecular weight excluding hydrogens is 363 g/mol. The van der Waals surface area contributed by atoms with Crippen LogP contribution in [0.15, 0.2) is 72.9 Å². The van der Waals surface area contributed by atoms with Crippen LogP contribution in [0.3, 0.4) is 0 Å². The summed E-state index contributed by atoms with van der Waals surface area (Å²) in [6, 6.07) is 22.2. The highest BCUT2D eigenvalue weighted by molar-refractivity contribution is 6.31. The summed E-state index contributed by atoms with van der Waals surface area (Å²) in [5.41, 5.74) is 3.52. The van der Waals surface area contributed by atoms with Gasteiger partial charge in [0.05, 0.1) is 5.69 Å². The van der Waals surface area contributed by atoms with Crippen LogP contribution < -0.4 is 5.32 Å². The second kappa shape index (κ2) is 9.72. The lowest BCUT2D eigenvalue weighted by molar-refractivity contribution is 0.560. The third-order valence-corrected chi connectivity index (χ3v) is 5.09. The van der Waals surface area contributed by atoms with E-state index >= 15 is 0 Å². The van der Waals surface area contributed by atoms with Crippen LogP contribution in [-0.4, -0.2) is 11.5 Å². The number of nitrogens with zero attached hydrogens (tertiary/aromatic N) is 1. The van der Waals surface area contributed by atoms with E-state index in [2.05, 4.69) is 28.5 Å². The van der Waals surface area contributed by atoms with Gasteiger partial charge < -0.3 is 5.32 Å². The molecule has 0 spiro atoms. The Balaban J connectivity index is 1.64. The van der Waals surface area contributed by atoms with Gasteiger partial charge in [0.1, 0.15) is 0 Å². The van der Waals surface area contributed by atoms with Crippen molar-refractivity contribution in [1.82, 2.24) is 10.3 Å². The van der Waals surface area contributed by atoms with Crippen LogP contribution >= 0.6 is 23.2 Å². The van der Waals surface area contributed by atoms with Crippen molar-refractivity contribution >= 4 is 23.2 Å². The Kier molecular flexibility index (Phi) is 7.07. The molecule has 2 nitrogen and oxygen atoms in total. The highest BCUT2D eigenvalue weighted by Gasteiger charge is 2.14. The van der Waals surface area contributed by atoms with Crippen molar-refractivity contribution in [2.75, 3.05) is 6.54 Å². The quantitative estimate of drug-likeness (QED) is 0.489. The monoisotopic (exact) mass is 384 g/mol. The number of benzene rings is 2. The zero-order chi connectivity index (χ0) is 18.2. The summed E-state index contributed by atoms with van der Waals surface area (Å²) in [7, 11) is 0. The molecule has 0 radical (unpaired) electrons. The molecule has 0 aliphatic heterocycles. The van der Waals surface area contributed by atoms with E-state index in [0.717, 1.165) is 41.7 Å². The van der Waals surface area contributed by atoms with Gasteiger partial charge in [-0.1, -0.05) is 59.6 Å². The summed E-state index contributed by atoms with van der Waals surface area (Å²) in [5.74, 6) is 0.378. The summed E-state index contributed by atoms with van der Waals surface area (Å²) in [6.07, 6.45) is 3.75. The normalized spacial score (nSPS) is 12.1. The highest BCUT2D eigenvalue weighted by Crippen LogP contribution is 2.28. The van der Waals surface area contributed by atoms with E-state index in [1.807, 2.05) is 54.7 Å². The average molecular weight is 385 g/mol. The lowest BCUT2D eigenvalue weighted by atomic mass is 9.89. The van der Waals surface area contributed by atoms with Gasteiger partial charge in [0.2, 0.25) is 0 Å². The molecule has 0 aliphatic rings. The van der Waals surface area contributed by atoms with Gasteiger partial charge in [0.15, 0.2) is 0 Å². The SMILES string of the molecule is Clc1ccc([C@H](CCNCc2ccccn2)Cc2ccccc2Cl)cc1. The van der Waals surface area contributed by atoms with Crippen molar-refractivity contribution in [3.63, 3.8) is 0 Å². The van der Waals surface area contributed by atoms with Crippen molar-refractivity contribution < 1.29 is 0 Å². The minimum atomic E-state index is 0.378. The van der Waals surface area contributed by atoms with Gasteiger partial charge in [-0.15, -0.1) is 0 Å². The van der Waals surface area contributed by atoms with E-state index in [9.17, 15) is 0 Å². The molecule has 0 bridgehead atoms. The van der Waals surface area contributed by atoms with E-state index in [1.165, 1.54) is 11.1 Å². The van der Waals surface area contributed by atoms with Crippen molar-refractivity contribution in [3.8, 4) is 0 Å². The zero-order valence-corrected chi connectivity index (χ0v) is 16.0. The molecular formula is C22H22Cl2N2. The maximum absolute atomic E-state index is 6.38. The van der Waals surface area contributed by atoms with Gasteiger partial charge in [0.25, 0.3) is 0 Å². The number of nitrogens with one attached hydrogen (secondary N) is 1. The first-order chi connectivity index (χ1) is 12.7. The average Bonchev–Trinajstić information content (AvgIpc) is 2.67. The highest BCUT2D eigenvalue weighted by atomic mass is 35.5.